The minimum Gasteiger partial charge on any atom is -0.454 e. The summed E-state index contributed by atoms with van der Waals surface area (Å²) in [6.45, 7) is 0.786. The van der Waals surface area contributed by atoms with E-state index in [0.29, 0.717) is 30.2 Å². The molecule has 0 spiro atoms. The van der Waals surface area contributed by atoms with Gasteiger partial charge in [-0.3, -0.25) is 14.6 Å². The molecule has 4 aromatic rings. The van der Waals surface area contributed by atoms with Crippen molar-refractivity contribution in [3.05, 3.63) is 71.2 Å². The summed E-state index contributed by atoms with van der Waals surface area (Å²) in [6, 6.07) is 12.1. The molecule has 2 atom stereocenters. The second kappa shape index (κ2) is 10.4. The lowest BCUT2D eigenvalue weighted by atomic mass is 9.88. The topological polar surface area (TPSA) is 135 Å². The molecule has 12 heteroatoms. The lowest BCUT2D eigenvalue weighted by Gasteiger charge is -2.36. The summed E-state index contributed by atoms with van der Waals surface area (Å²) < 4.78 is 11.1. The first-order valence-corrected chi connectivity index (χ1v) is 13.9. The minimum absolute atomic E-state index is 0.00688. The van der Waals surface area contributed by atoms with Crippen LogP contribution in [0.25, 0.3) is 10.9 Å². The number of hydrogen-bond acceptors (Lipinski definition) is 8. The van der Waals surface area contributed by atoms with Gasteiger partial charge in [-0.15, -0.1) is 5.10 Å². The highest BCUT2D eigenvalue weighted by Crippen LogP contribution is 2.46. The Morgan fingerprint density at radius 1 is 1.05 bits per heavy atom. The van der Waals surface area contributed by atoms with Crippen molar-refractivity contribution in [2.75, 3.05) is 20.0 Å². The number of benzene rings is 2. The largest absolute Gasteiger partial charge is 0.454 e. The average molecular weight is 559 g/mol. The van der Waals surface area contributed by atoms with Crippen molar-refractivity contribution in [3.8, 4) is 11.5 Å². The number of ether oxygens (including phenoxy) is 2. The third kappa shape index (κ3) is 4.44. The van der Waals surface area contributed by atoms with E-state index in [9.17, 15) is 9.59 Å². The van der Waals surface area contributed by atoms with E-state index in [-0.39, 0.29) is 31.9 Å². The van der Waals surface area contributed by atoms with Gasteiger partial charge in [-0.05, 0) is 53.8 Å². The SMILES string of the molecule is O=C1[C@@H]2Cc3c([nH]c4ccccc34)[C@@H](c3ccc4c(c3)OCO4)N2C(=O)N1Cc1cn(OCCCCCCO)nn1. The van der Waals surface area contributed by atoms with Gasteiger partial charge in [-0.25, -0.2) is 4.79 Å². The number of unbranched alkanes of at least 4 members (excludes halogenated alkanes) is 3. The van der Waals surface area contributed by atoms with E-state index in [2.05, 4.69) is 15.3 Å². The standard InChI is InChI=1S/C29H30N6O6/c36-11-5-1-2-6-12-41-34-16-19(31-32-34)15-33-28(37)23-14-21-20-7-3-4-8-22(20)30-26(21)27(35(23)29(33)38)18-9-10-24-25(13-18)40-17-39-24/h3-4,7-10,13,16,23,27,30,36H,1-2,5-6,11-12,14-15,17H2/t23-,27+/m0/s1. The molecule has 2 aromatic carbocycles. The van der Waals surface area contributed by atoms with E-state index < -0.39 is 12.1 Å². The van der Waals surface area contributed by atoms with Crippen molar-refractivity contribution in [2.24, 2.45) is 0 Å². The number of fused-ring (bicyclic) bond motifs is 5. The number of hydrogen-bond donors (Lipinski definition) is 2. The van der Waals surface area contributed by atoms with Crippen LogP contribution in [0.2, 0.25) is 0 Å². The summed E-state index contributed by atoms with van der Waals surface area (Å²) >= 11 is 0. The van der Waals surface area contributed by atoms with Crippen LogP contribution in [0.4, 0.5) is 4.79 Å². The molecule has 212 valence electrons. The number of H-pyrrole nitrogens is 1. The molecule has 3 amide bonds. The molecule has 0 bridgehead atoms. The molecule has 0 aliphatic carbocycles. The summed E-state index contributed by atoms with van der Waals surface area (Å²) in [5, 5.41) is 18.1. The lowest BCUT2D eigenvalue weighted by Crippen LogP contribution is -2.44. The molecule has 41 heavy (non-hydrogen) atoms. The highest BCUT2D eigenvalue weighted by Gasteiger charge is 2.52. The summed E-state index contributed by atoms with van der Waals surface area (Å²) in [7, 11) is 0. The van der Waals surface area contributed by atoms with Crippen LogP contribution in [0.5, 0.6) is 11.5 Å². The van der Waals surface area contributed by atoms with Crippen LogP contribution in [-0.2, 0) is 17.8 Å². The third-order valence-corrected chi connectivity index (χ3v) is 7.96. The molecule has 0 unspecified atom stereocenters. The van der Waals surface area contributed by atoms with E-state index in [0.717, 1.165) is 53.4 Å². The maximum Gasteiger partial charge on any atom is 0.328 e. The maximum atomic E-state index is 14.0. The number of amides is 3. The van der Waals surface area contributed by atoms with Crippen molar-refractivity contribution in [2.45, 2.75) is 50.7 Å². The first-order chi connectivity index (χ1) is 20.1. The van der Waals surface area contributed by atoms with E-state index in [1.807, 2.05) is 42.5 Å². The fourth-order valence-electron chi connectivity index (χ4n) is 6.01. The first-order valence-electron chi connectivity index (χ1n) is 13.9. The number of nitrogens with zero attached hydrogens (tertiary/aromatic N) is 5. The molecular weight excluding hydrogens is 528 g/mol. The zero-order chi connectivity index (χ0) is 27.9. The fraction of sp³-hybridized carbons (Fsp3) is 0.379. The minimum atomic E-state index is -0.658. The fourth-order valence-corrected chi connectivity index (χ4v) is 6.01. The summed E-state index contributed by atoms with van der Waals surface area (Å²) in [4.78, 5) is 41.1. The van der Waals surface area contributed by atoms with Crippen molar-refractivity contribution < 1.29 is 29.0 Å². The normalized spacial score (nSPS) is 19.2. The molecule has 5 heterocycles. The highest BCUT2D eigenvalue weighted by atomic mass is 16.7. The number of urea groups is 1. The average Bonchev–Trinajstić information content (AvgIpc) is 3.77. The van der Waals surface area contributed by atoms with Crippen LogP contribution in [0.1, 0.15) is 54.2 Å². The number of imide groups is 1. The van der Waals surface area contributed by atoms with Gasteiger partial charge in [-0.1, -0.05) is 35.5 Å². The van der Waals surface area contributed by atoms with Crippen molar-refractivity contribution in [1.82, 2.24) is 29.9 Å². The Morgan fingerprint density at radius 3 is 2.80 bits per heavy atom. The molecule has 2 aromatic heterocycles. The molecule has 7 rings (SSSR count). The number of nitrogens with one attached hydrogen (secondary N) is 1. The smallest absolute Gasteiger partial charge is 0.328 e. The predicted molar refractivity (Wildman–Crippen MR) is 145 cm³/mol. The molecule has 1 saturated heterocycles. The Bertz CT molecular complexity index is 1610. The van der Waals surface area contributed by atoms with Crippen molar-refractivity contribution in [3.63, 3.8) is 0 Å². The number of para-hydroxylation sites is 1. The van der Waals surface area contributed by atoms with Gasteiger partial charge in [0.2, 0.25) is 6.79 Å². The van der Waals surface area contributed by atoms with Gasteiger partial charge >= 0.3 is 6.03 Å². The number of aromatic amines is 1. The Balaban J connectivity index is 1.16. The molecule has 1 fully saturated rings. The van der Waals surface area contributed by atoms with Gasteiger partial charge < -0.3 is 24.4 Å². The number of aliphatic hydroxyl groups is 1. The Kier molecular flexibility index (Phi) is 6.46. The second-order valence-electron chi connectivity index (χ2n) is 10.5. The summed E-state index contributed by atoms with van der Waals surface area (Å²) in [5.41, 5.74) is 4.17. The maximum absolute atomic E-state index is 14.0. The Hall–Kier alpha value is -4.58. The Morgan fingerprint density at radius 2 is 1.90 bits per heavy atom. The predicted octanol–water partition coefficient (Wildman–Crippen LogP) is 2.95. The molecule has 12 nitrogen and oxygen atoms in total. The zero-order valence-electron chi connectivity index (χ0n) is 22.4. The van der Waals surface area contributed by atoms with Crippen molar-refractivity contribution >= 4 is 22.8 Å². The van der Waals surface area contributed by atoms with Gasteiger partial charge in [0.1, 0.15) is 24.4 Å². The van der Waals surface area contributed by atoms with Gasteiger partial charge in [0.25, 0.3) is 5.91 Å². The van der Waals surface area contributed by atoms with Crippen LogP contribution >= 0.6 is 0 Å². The van der Waals surface area contributed by atoms with Crippen LogP contribution in [0.15, 0.2) is 48.7 Å². The van der Waals surface area contributed by atoms with E-state index in [4.69, 9.17) is 19.4 Å². The first kappa shape index (κ1) is 25.4. The lowest BCUT2D eigenvalue weighted by molar-refractivity contribution is -0.129. The number of carbonyl (C=O) groups excluding carboxylic acids is 2. The van der Waals surface area contributed by atoms with Crippen molar-refractivity contribution in [1.29, 1.82) is 0 Å². The summed E-state index contributed by atoms with van der Waals surface area (Å²) in [5.74, 6) is 0.997. The van der Waals surface area contributed by atoms with Gasteiger partial charge in [0, 0.05) is 29.6 Å². The number of carbonyl (C=O) groups is 2. The second-order valence-corrected chi connectivity index (χ2v) is 10.5. The summed E-state index contributed by atoms with van der Waals surface area (Å²) in [6.07, 6.45) is 5.49. The van der Waals surface area contributed by atoms with Crippen LogP contribution in [0.3, 0.4) is 0 Å². The van der Waals surface area contributed by atoms with Gasteiger partial charge in [0.15, 0.2) is 11.5 Å². The quantitative estimate of drug-likeness (QED) is 0.224. The van der Waals surface area contributed by atoms with E-state index in [1.165, 1.54) is 9.75 Å². The van der Waals surface area contributed by atoms with Gasteiger partial charge in [-0.2, -0.15) is 0 Å². The molecule has 3 aliphatic rings. The van der Waals surface area contributed by atoms with E-state index >= 15 is 0 Å². The van der Waals surface area contributed by atoms with Crippen LogP contribution in [0, 0.1) is 0 Å². The van der Waals surface area contributed by atoms with Crippen LogP contribution in [-0.4, -0.2) is 73.0 Å². The third-order valence-electron chi connectivity index (χ3n) is 7.96. The highest BCUT2D eigenvalue weighted by molar-refractivity contribution is 6.05. The number of rotatable bonds is 10. The zero-order valence-corrected chi connectivity index (χ0v) is 22.4. The molecule has 0 saturated carbocycles. The molecule has 3 aliphatic heterocycles. The molecule has 2 N–H and O–H groups in total. The van der Waals surface area contributed by atoms with Gasteiger partial charge in [0.05, 0.1) is 12.7 Å². The number of aliphatic hydroxyl groups excluding tert-OH is 1. The molecule has 0 radical (unpaired) electrons. The van der Waals surface area contributed by atoms with E-state index in [1.54, 1.807) is 11.1 Å². The number of aromatic nitrogens is 4. The van der Waals surface area contributed by atoms with Crippen LogP contribution < -0.4 is 14.3 Å². The monoisotopic (exact) mass is 558 g/mol. The Labute approximate surface area is 235 Å². The molecular formula is C29H30N6O6.